The molecule has 0 saturated carbocycles. The van der Waals surface area contributed by atoms with Crippen LogP contribution in [-0.4, -0.2) is 42.5 Å². The number of nitrogens with one attached hydrogen (secondary N) is 2. The summed E-state index contributed by atoms with van der Waals surface area (Å²) in [6, 6.07) is 0. The Labute approximate surface area is 128 Å². The van der Waals surface area contributed by atoms with E-state index in [-0.39, 0.29) is 40.9 Å². The number of aromatic nitrogens is 4. The predicted octanol–water partition coefficient (Wildman–Crippen LogP) is -0.0601. The summed E-state index contributed by atoms with van der Waals surface area (Å²) in [7, 11) is 0. The molecular weight excluding hydrogens is 312 g/mol. The van der Waals surface area contributed by atoms with E-state index in [1.165, 1.54) is 13.3 Å². The van der Waals surface area contributed by atoms with Gasteiger partial charge in [-0.05, 0) is 0 Å². The maximum atomic E-state index is 11.6. The van der Waals surface area contributed by atoms with Gasteiger partial charge in [-0.2, -0.15) is 9.99 Å². The number of carbonyl (C=O) groups is 3. The Balaban J connectivity index is 2.00. The van der Waals surface area contributed by atoms with Gasteiger partial charge in [0.2, 0.25) is 23.4 Å². The van der Waals surface area contributed by atoms with Crippen LogP contribution in [0.25, 0.3) is 11.2 Å². The van der Waals surface area contributed by atoms with E-state index in [1.54, 1.807) is 0 Å². The molecule has 1 fully saturated rings. The molecule has 1 saturated heterocycles. The average Bonchev–Trinajstić information content (AvgIpc) is 2.97. The van der Waals surface area contributed by atoms with Crippen molar-refractivity contribution in [1.82, 2.24) is 24.7 Å². The topological polar surface area (TPSA) is 122 Å². The lowest BCUT2D eigenvalue weighted by Gasteiger charge is -2.15. The maximum absolute atomic E-state index is 11.6. The summed E-state index contributed by atoms with van der Waals surface area (Å²) in [6.07, 6.45) is 1.53. The summed E-state index contributed by atoms with van der Waals surface area (Å²) < 4.78 is 1.28. The zero-order valence-electron chi connectivity index (χ0n) is 11.3. The minimum Gasteiger partial charge on any atom is -0.334 e. The summed E-state index contributed by atoms with van der Waals surface area (Å²) in [4.78, 5) is 50.0. The molecule has 0 radical (unpaired) electrons. The van der Waals surface area contributed by atoms with Gasteiger partial charge in [0.05, 0.1) is 0 Å². The number of amides is 2. The third kappa shape index (κ3) is 2.41. The summed E-state index contributed by atoms with van der Waals surface area (Å²) in [6.45, 7) is 1.23. The van der Waals surface area contributed by atoms with Gasteiger partial charge >= 0.3 is 5.97 Å². The van der Waals surface area contributed by atoms with E-state index in [0.717, 1.165) is 9.74 Å². The van der Waals surface area contributed by atoms with Crippen LogP contribution in [-0.2, 0) is 14.4 Å². The third-order valence-electron chi connectivity index (χ3n) is 2.87. The Morgan fingerprint density at radius 2 is 2.09 bits per heavy atom. The number of hydrazine groups is 1. The number of imide groups is 1. The zero-order chi connectivity index (χ0) is 15.9. The number of anilines is 1. The van der Waals surface area contributed by atoms with Gasteiger partial charge in [-0.15, -0.1) is 4.73 Å². The van der Waals surface area contributed by atoms with Crippen LogP contribution in [0.15, 0.2) is 6.33 Å². The van der Waals surface area contributed by atoms with Crippen LogP contribution < -0.4 is 10.3 Å². The Morgan fingerprint density at radius 3 is 2.73 bits per heavy atom. The van der Waals surface area contributed by atoms with E-state index >= 15 is 0 Å². The van der Waals surface area contributed by atoms with Crippen molar-refractivity contribution in [3.63, 3.8) is 0 Å². The van der Waals surface area contributed by atoms with E-state index in [0.29, 0.717) is 5.52 Å². The van der Waals surface area contributed by atoms with Crippen molar-refractivity contribution < 1.29 is 19.2 Å². The Hall–Kier alpha value is -2.82. The molecule has 2 amide bonds. The monoisotopic (exact) mass is 322 g/mol. The lowest BCUT2D eigenvalue weighted by Crippen LogP contribution is -2.35. The van der Waals surface area contributed by atoms with Gasteiger partial charge in [0.15, 0.2) is 0 Å². The Kier molecular flexibility index (Phi) is 3.33. The number of hydrogen-bond acceptors (Lipinski definition) is 8. The molecule has 0 aromatic carbocycles. The molecular formula is C11H10N6O4S. The first-order valence-corrected chi connectivity index (χ1v) is 6.65. The van der Waals surface area contributed by atoms with Gasteiger partial charge in [0, 0.05) is 19.8 Å². The molecule has 10 nitrogen and oxygen atoms in total. The van der Waals surface area contributed by atoms with Crippen LogP contribution in [0.1, 0.15) is 19.8 Å². The average molecular weight is 322 g/mol. The number of rotatable bonds is 3. The quantitative estimate of drug-likeness (QED) is 0.595. The fraction of sp³-hybridized carbons (Fsp3) is 0.273. The molecule has 0 unspecified atom stereocenters. The second-order valence-corrected chi connectivity index (χ2v) is 4.88. The van der Waals surface area contributed by atoms with E-state index in [9.17, 15) is 14.4 Å². The molecule has 2 aromatic rings. The lowest BCUT2D eigenvalue weighted by atomic mass is 10.4. The first kappa shape index (κ1) is 14.1. The second-order valence-electron chi connectivity index (χ2n) is 4.47. The van der Waals surface area contributed by atoms with Crippen molar-refractivity contribution in [3.05, 3.63) is 11.0 Å². The van der Waals surface area contributed by atoms with Crippen molar-refractivity contribution in [3.8, 4) is 0 Å². The fourth-order valence-corrected chi connectivity index (χ4v) is 2.20. The Morgan fingerprint density at radius 1 is 1.41 bits per heavy atom. The van der Waals surface area contributed by atoms with Gasteiger partial charge in [0.1, 0.15) is 16.5 Å². The highest BCUT2D eigenvalue weighted by Gasteiger charge is 2.29. The SMILES string of the molecule is CC(=O)On1cnc2c(=S)[nH]c(NN3C(=O)CCC3=O)nc21. The molecule has 3 heterocycles. The summed E-state index contributed by atoms with van der Waals surface area (Å²) >= 11 is 5.13. The maximum Gasteiger partial charge on any atom is 0.330 e. The van der Waals surface area contributed by atoms with Crippen LogP contribution in [0.4, 0.5) is 5.95 Å². The molecule has 1 aliphatic heterocycles. The lowest BCUT2D eigenvalue weighted by molar-refractivity contribution is -0.141. The number of aromatic amines is 1. The number of imidazole rings is 1. The van der Waals surface area contributed by atoms with Crippen LogP contribution in [0.2, 0.25) is 0 Å². The second kappa shape index (κ2) is 5.18. The van der Waals surface area contributed by atoms with Crippen LogP contribution in [0.3, 0.4) is 0 Å². The number of nitrogens with zero attached hydrogens (tertiary/aromatic N) is 4. The van der Waals surface area contributed by atoms with E-state index in [1.807, 2.05) is 0 Å². The molecule has 22 heavy (non-hydrogen) atoms. The number of hydrogen-bond donors (Lipinski definition) is 2. The van der Waals surface area contributed by atoms with Crippen LogP contribution >= 0.6 is 12.2 Å². The van der Waals surface area contributed by atoms with Gasteiger partial charge in [-0.3, -0.25) is 15.0 Å². The zero-order valence-corrected chi connectivity index (χ0v) is 12.1. The molecule has 3 rings (SSSR count). The molecule has 0 spiro atoms. The van der Waals surface area contributed by atoms with Gasteiger partial charge in [-0.25, -0.2) is 9.78 Å². The normalized spacial score (nSPS) is 14.7. The van der Waals surface area contributed by atoms with Gasteiger partial charge in [-0.1, -0.05) is 12.2 Å². The molecule has 2 aromatic heterocycles. The molecule has 1 aliphatic rings. The van der Waals surface area contributed by atoms with Crippen molar-refractivity contribution in [2.75, 3.05) is 5.43 Å². The largest absolute Gasteiger partial charge is 0.334 e. The van der Waals surface area contributed by atoms with Crippen molar-refractivity contribution in [1.29, 1.82) is 0 Å². The summed E-state index contributed by atoms with van der Waals surface area (Å²) in [5.41, 5.74) is 3.06. The fourth-order valence-electron chi connectivity index (χ4n) is 1.96. The minimum atomic E-state index is -0.556. The third-order valence-corrected chi connectivity index (χ3v) is 3.17. The van der Waals surface area contributed by atoms with Crippen molar-refractivity contribution in [2.45, 2.75) is 19.8 Å². The molecule has 2 N–H and O–H groups in total. The van der Waals surface area contributed by atoms with E-state index in [2.05, 4.69) is 20.4 Å². The molecule has 0 aliphatic carbocycles. The smallest absolute Gasteiger partial charge is 0.330 e. The highest BCUT2D eigenvalue weighted by molar-refractivity contribution is 7.71. The van der Waals surface area contributed by atoms with Gasteiger partial charge in [0.25, 0.3) is 0 Å². The highest BCUT2D eigenvalue weighted by atomic mass is 32.1. The predicted molar refractivity (Wildman–Crippen MR) is 74.7 cm³/mol. The molecule has 0 bridgehead atoms. The number of carbonyl (C=O) groups excluding carboxylic acids is 3. The van der Waals surface area contributed by atoms with E-state index < -0.39 is 5.97 Å². The van der Waals surface area contributed by atoms with Gasteiger partial charge < -0.3 is 9.82 Å². The highest BCUT2D eigenvalue weighted by Crippen LogP contribution is 2.16. The number of fused-ring (bicyclic) bond motifs is 1. The first-order valence-electron chi connectivity index (χ1n) is 6.24. The standard InChI is InChI=1S/C11H10N6O4S/c1-5(18)21-16-4-12-8-9(16)13-11(14-10(8)22)15-17-6(19)2-3-7(17)20/h4H,2-3H2,1H3,(H2,13,14,15,22). The first-order chi connectivity index (χ1) is 10.5. The summed E-state index contributed by atoms with van der Waals surface area (Å²) in [5.74, 6) is -1.21. The minimum absolute atomic E-state index is 0.0648. The molecule has 114 valence electrons. The van der Waals surface area contributed by atoms with Crippen LogP contribution in [0.5, 0.6) is 0 Å². The Bertz CT molecular complexity index is 840. The summed E-state index contributed by atoms with van der Waals surface area (Å²) in [5, 5.41) is 0.867. The van der Waals surface area contributed by atoms with Crippen molar-refractivity contribution in [2.24, 2.45) is 0 Å². The molecule has 11 heteroatoms. The number of H-pyrrole nitrogens is 1. The molecule has 0 atom stereocenters. The van der Waals surface area contributed by atoms with Crippen LogP contribution in [0, 0.1) is 4.64 Å². The van der Waals surface area contributed by atoms with E-state index in [4.69, 9.17) is 17.1 Å². The van der Waals surface area contributed by atoms with Crippen molar-refractivity contribution >= 4 is 47.1 Å².